The van der Waals surface area contributed by atoms with E-state index in [0.29, 0.717) is 31.2 Å². The molecule has 7 heteroatoms. The molecule has 1 aromatic carbocycles. The molecule has 3 heterocycles. The van der Waals surface area contributed by atoms with Gasteiger partial charge < -0.3 is 14.2 Å². The summed E-state index contributed by atoms with van der Waals surface area (Å²) in [5.74, 6) is -0.209. The summed E-state index contributed by atoms with van der Waals surface area (Å²) >= 11 is 0. The van der Waals surface area contributed by atoms with Crippen molar-refractivity contribution >= 4 is 11.9 Å². The Bertz CT molecular complexity index is 923. The predicted octanol–water partition coefficient (Wildman–Crippen LogP) is 3.83. The molecule has 0 N–H and O–H groups in total. The fourth-order valence-corrected chi connectivity index (χ4v) is 4.47. The molecule has 1 fully saturated rings. The zero-order valence-electron chi connectivity index (χ0n) is 17.4. The Morgan fingerprint density at radius 2 is 1.93 bits per heavy atom. The Morgan fingerprint density at radius 1 is 1.13 bits per heavy atom. The van der Waals surface area contributed by atoms with Crippen LogP contribution < -0.4 is 0 Å². The molecule has 6 nitrogen and oxygen atoms in total. The van der Waals surface area contributed by atoms with Gasteiger partial charge in [-0.05, 0) is 63.3 Å². The molecule has 160 valence electrons. The van der Waals surface area contributed by atoms with Crippen molar-refractivity contribution in [3.05, 3.63) is 41.5 Å². The highest BCUT2D eigenvalue weighted by atomic mass is 19.1. The van der Waals surface area contributed by atoms with Crippen molar-refractivity contribution in [2.75, 3.05) is 19.7 Å². The Balaban J connectivity index is 1.65. The minimum absolute atomic E-state index is 0.122. The minimum Gasteiger partial charge on any atom is -0.466 e. The summed E-state index contributed by atoms with van der Waals surface area (Å²) in [6, 6.07) is 6.26. The van der Waals surface area contributed by atoms with E-state index in [1.165, 1.54) is 12.1 Å². The summed E-state index contributed by atoms with van der Waals surface area (Å²) in [7, 11) is 0. The van der Waals surface area contributed by atoms with Gasteiger partial charge in [-0.2, -0.15) is 0 Å². The Labute approximate surface area is 176 Å². The maximum atomic E-state index is 13.4. The lowest BCUT2D eigenvalue weighted by Crippen LogP contribution is -2.43. The molecule has 2 aromatic rings. The van der Waals surface area contributed by atoms with Gasteiger partial charge in [0.15, 0.2) is 0 Å². The van der Waals surface area contributed by atoms with Gasteiger partial charge in [0, 0.05) is 25.2 Å². The first-order chi connectivity index (χ1) is 14.6. The first-order valence-electron chi connectivity index (χ1n) is 10.9. The molecule has 0 unspecified atom stereocenters. The van der Waals surface area contributed by atoms with Crippen LogP contribution in [0.2, 0.25) is 0 Å². The third kappa shape index (κ3) is 4.11. The third-order valence-electron chi connectivity index (χ3n) is 6.00. The van der Waals surface area contributed by atoms with Crippen molar-refractivity contribution in [2.24, 2.45) is 5.92 Å². The van der Waals surface area contributed by atoms with E-state index in [1.807, 2.05) is 0 Å². The highest BCUT2D eigenvalue weighted by molar-refractivity contribution is 5.94. The summed E-state index contributed by atoms with van der Waals surface area (Å²) in [4.78, 5) is 32.1. The van der Waals surface area contributed by atoms with Crippen molar-refractivity contribution in [1.29, 1.82) is 0 Å². The standard InChI is InChI=1S/C23H28FN3O3/c1-2-30-23(29)17-7-6-13-26(15-17)22(28)20-19-8-4-3-5-14-27(19)21(25-20)16-9-11-18(24)12-10-16/h9-12,17H,2-8,13-15H2,1H3/t17-/m1/s1. The molecule has 1 atom stereocenters. The maximum absolute atomic E-state index is 13.4. The van der Waals surface area contributed by atoms with Gasteiger partial charge in [0.25, 0.3) is 5.91 Å². The number of carbonyl (C=O) groups is 2. The highest BCUT2D eigenvalue weighted by Crippen LogP contribution is 2.29. The van der Waals surface area contributed by atoms with Crippen LogP contribution in [0.4, 0.5) is 4.39 Å². The average molecular weight is 413 g/mol. The van der Waals surface area contributed by atoms with Crippen LogP contribution in [-0.2, 0) is 22.5 Å². The van der Waals surface area contributed by atoms with E-state index < -0.39 is 0 Å². The zero-order valence-corrected chi connectivity index (χ0v) is 17.4. The van der Waals surface area contributed by atoms with Gasteiger partial charge in [0.2, 0.25) is 0 Å². The second kappa shape index (κ2) is 8.98. The molecule has 4 rings (SSSR count). The predicted molar refractivity (Wildman–Crippen MR) is 110 cm³/mol. The first kappa shape index (κ1) is 20.6. The monoisotopic (exact) mass is 413 g/mol. The summed E-state index contributed by atoms with van der Waals surface area (Å²) in [5.41, 5.74) is 2.23. The summed E-state index contributed by atoms with van der Waals surface area (Å²) < 4.78 is 20.7. The van der Waals surface area contributed by atoms with Gasteiger partial charge in [-0.25, -0.2) is 9.37 Å². The zero-order chi connectivity index (χ0) is 21.1. The second-order valence-electron chi connectivity index (χ2n) is 8.04. The van der Waals surface area contributed by atoms with Crippen LogP contribution in [0.3, 0.4) is 0 Å². The van der Waals surface area contributed by atoms with E-state index in [2.05, 4.69) is 4.57 Å². The fourth-order valence-electron chi connectivity index (χ4n) is 4.47. The number of carbonyl (C=O) groups excluding carboxylic acids is 2. The van der Waals surface area contributed by atoms with E-state index >= 15 is 0 Å². The maximum Gasteiger partial charge on any atom is 0.310 e. The smallest absolute Gasteiger partial charge is 0.310 e. The van der Waals surface area contributed by atoms with Crippen molar-refractivity contribution in [3.8, 4) is 11.4 Å². The number of piperidine rings is 1. The number of nitrogens with zero attached hydrogens (tertiary/aromatic N) is 3. The molecule has 0 saturated carbocycles. The van der Waals surface area contributed by atoms with Crippen LogP contribution >= 0.6 is 0 Å². The van der Waals surface area contributed by atoms with Gasteiger partial charge in [0.1, 0.15) is 17.3 Å². The lowest BCUT2D eigenvalue weighted by atomic mass is 9.97. The highest BCUT2D eigenvalue weighted by Gasteiger charge is 2.33. The van der Waals surface area contributed by atoms with Crippen molar-refractivity contribution in [1.82, 2.24) is 14.5 Å². The number of hydrogen-bond acceptors (Lipinski definition) is 4. The van der Waals surface area contributed by atoms with E-state index in [0.717, 1.165) is 56.3 Å². The summed E-state index contributed by atoms with van der Waals surface area (Å²) in [6.45, 7) is 3.93. The van der Waals surface area contributed by atoms with Gasteiger partial charge in [0.05, 0.1) is 18.2 Å². The topological polar surface area (TPSA) is 64.4 Å². The van der Waals surface area contributed by atoms with Gasteiger partial charge in [-0.3, -0.25) is 9.59 Å². The Morgan fingerprint density at radius 3 is 2.70 bits per heavy atom. The van der Waals surface area contributed by atoms with Gasteiger partial charge in [-0.1, -0.05) is 6.42 Å². The van der Waals surface area contributed by atoms with Crippen LogP contribution in [0.15, 0.2) is 24.3 Å². The molecule has 0 radical (unpaired) electrons. The number of ether oxygens (including phenoxy) is 1. The number of halogens is 1. The summed E-state index contributed by atoms with van der Waals surface area (Å²) in [5, 5.41) is 0. The SMILES string of the molecule is CCOC(=O)[C@@H]1CCCN(C(=O)c2nc(-c3ccc(F)cc3)n3c2CCCCC3)C1. The number of likely N-dealkylation sites (tertiary alicyclic amines) is 1. The number of amides is 1. The number of rotatable bonds is 4. The van der Waals surface area contributed by atoms with Crippen molar-refractivity contribution in [2.45, 2.75) is 52.0 Å². The third-order valence-corrected chi connectivity index (χ3v) is 6.00. The number of esters is 1. The van der Waals surface area contributed by atoms with Gasteiger partial charge >= 0.3 is 5.97 Å². The normalized spacial score (nSPS) is 19.1. The number of imidazole rings is 1. The number of hydrogen-bond donors (Lipinski definition) is 0. The Kier molecular flexibility index (Phi) is 6.16. The van der Waals surface area contributed by atoms with Gasteiger partial charge in [-0.15, -0.1) is 0 Å². The van der Waals surface area contributed by atoms with Crippen LogP contribution in [0, 0.1) is 11.7 Å². The molecule has 0 aliphatic carbocycles. The molecular weight excluding hydrogens is 385 g/mol. The number of fused-ring (bicyclic) bond motifs is 1. The molecular formula is C23H28FN3O3. The van der Waals surface area contributed by atoms with Crippen LogP contribution in [-0.4, -0.2) is 46.0 Å². The molecule has 1 saturated heterocycles. The van der Waals surface area contributed by atoms with E-state index in [-0.39, 0.29) is 23.6 Å². The molecule has 0 bridgehead atoms. The van der Waals surface area contributed by atoms with E-state index in [9.17, 15) is 14.0 Å². The molecule has 0 spiro atoms. The Hall–Kier alpha value is -2.70. The van der Waals surface area contributed by atoms with Crippen LogP contribution in [0.1, 0.15) is 55.2 Å². The minimum atomic E-state index is -0.295. The molecule has 1 amide bonds. The quantitative estimate of drug-likeness (QED) is 0.715. The van der Waals surface area contributed by atoms with E-state index in [4.69, 9.17) is 9.72 Å². The number of benzene rings is 1. The van der Waals surface area contributed by atoms with E-state index in [1.54, 1.807) is 24.0 Å². The fraction of sp³-hybridized carbons (Fsp3) is 0.522. The molecule has 2 aliphatic rings. The summed E-state index contributed by atoms with van der Waals surface area (Å²) in [6.07, 6.45) is 5.46. The van der Waals surface area contributed by atoms with Crippen LogP contribution in [0.25, 0.3) is 11.4 Å². The largest absolute Gasteiger partial charge is 0.466 e. The van der Waals surface area contributed by atoms with Crippen LogP contribution in [0.5, 0.6) is 0 Å². The lowest BCUT2D eigenvalue weighted by Gasteiger charge is -2.31. The van der Waals surface area contributed by atoms with Crippen molar-refractivity contribution < 1.29 is 18.7 Å². The first-order valence-corrected chi connectivity index (χ1v) is 10.9. The molecule has 2 aliphatic heterocycles. The number of aromatic nitrogens is 2. The van der Waals surface area contributed by atoms with Crippen molar-refractivity contribution in [3.63, 3.8) is 0 Å². The molecule has 1 aromatic heterocycles. The lowest BCUT2D eigenvalue weighted by molar-refractivity contribution is -0.149. The molecule has 30 heavy (non-hydrogen) atoms. The average Bonchev–Trinajstić information content (AvgIpc) is 2.95. The second-order valence-corrected chi connectivity index (χ2v) is 8.04.